The summed E-state index contributed by atoms with van der Waals surface area (Å²) in [4.78, 5) is 25.9. The number of carbonyl (C=O) groups excluding carboxylic acids is 2. The molecule has 20 heavy (non-hydrogen) atoms. The van der Waals surface area contributed by atoms with Gasteiger partial charge in [0.2, 0.25) is 11.8 Å². The maximum atomic E-state index is 12.3. The third kappa shape index (κ3) is 2.30. The molecule has 106 valence electrons. The summed E-state index contributed by atoms with van der Waals surface area (Å²) in [5, 5.41) is 2.95. The van der Waals surface area contributed by atoms with Crippen LogP contribution in [0.4, 0.5) is 0 Å². The lowest BCUT2D eigenvalue weighted by atomic mass is 10.2. The van der Waals surface area contributed by atoms with Crippen molar-refractivity contribution < 1.29 is 9.59 Å². The van der Waals surface area contributed by atoms with Crippen LogP contribution in [0.2, 0.25) is 0 Å². The first-order chi connectivity index (χ1) is 9.60. The molecule has 0 aromatic heterocycles. The fourth-order valence-corrected chi connectivity index (χ4v) is 4.35. The number of hydrogen-bond acceptors (Lipinski definition) is 3. The molecular formula is C15H18N2O2S. The second-order valence-corrected chi connectivity index (χ2v) is 6.97. The number of carbonyl (C=O) groups is 2. The van der Waals surface area contributed by atoms with Crippen molar-refractivity contribution in [3.8, 4) is 0 Å². The van der Waals surface area contributed by atoms with E-state index in [2.05, 4.69) is 12.2 Å². The zero-order valence-electron chi connectivity index (χ0n) is 11.5. The molecular weight excluding hydrogens is 272 g/mol. The van der Waals surface area contributed by atoms with Crippen LogP contribution in [0.1, 0.15) is 25.3 Å². The van der Waals surface area contributed by atoms with E-state index in [0.717, 1.165) is 12.0 Å². The van der Waals surface area contributed by atoms with Crippen molar-refractivity contribution in [3.05, 3.63) is 35.9 Å². The van der Waals surface area contributed by atoms with E-state index in [1.165, 1.54) is 0 Å². The molecule has 3 rings (SSSR count). The number of benzene rings is 1. The van der Waals surface area contributed by atoms with Crippen molar-refractivity contribution in [1.29, 1.82) is 0 Å². The van der Waals surface area contributed by atoms with Crippen molar-refractivity contribution in [2.24, 2.45) is 0 Å². The normalized spacial score (nSPS) is 28.6. The second-order valence-electron chi connectivity index (χ2n) is 5.47. The average molecular weight is 290 g/mol. The SMILES string of the molecule is CC12CCC(=O)N1C(C(=O)NCc1ccccc1)CS2. The summed E-state index contributed by atoms with van der Waals surface area (Å²) in [6, 6.07) is 9.50. The van der Waals surface area contributed by atoms with Crippen LogP contribution < -0.4 is 5.32 Å². The van der Waals surface area contributed by atoms with Gasteiger partial charge in [0.25, 0.3) is 0 Å². The Morgan fingerprint density at radius 3 is 2.95 bits per heavy atom. The standard InChI is InChI=1S/C15H18N2O2S/c1-15-8-7-13(18)17(15)12(10-20-15)14(19)16-9-11-5-3-2-4-6-11/h2-6,12H,7-10H2,1H3,(H,16,19). The highest BCUT2D eigenvalue weighted by atomic mass is 32.2. The van der Waals surface area contributed by atoms with Crippen LogP contribution in [-0.2, 0) is 16.1 Å². The lowest BCUT2D eigenvalue weighted by Gasteiger charge is -2.29. The van der Waals surface area contributed by atoms with Crippen molar-refractivity contribution in [2.45, 2.75) is 37.2 Å². The van der Waals surface area contributed by atoms with Gasteiger partial charge in [0.1, 0.15) is 6.04 Å². The lowest BCUT2D eigenvalue weighted by molar-refractivity contribution is -0.138. The van der Waals surface area contributed by atoms with Gasteiger partial charge in [0.15, 0.2) is 0 Å². The molecule has 2 atom stereocenters. The molecule has 5 heteroatoms. The highest BCUT2D eigenvalue weighted by Gasteiger charge is 2.52. The molecule has 2 aliphatic heterocycles. The minimum absolute atomic E-state index is 0.0414. The van der Waals surface area contributed by atoms with Crippen LogP contribution in [0.5, 0.6) is 0 Å². The topological polar surface area (TPSA) is 49.4 Å². The van der Waals surface area contributed by atoms with Gasteiger partial charge in [-0.2, -0.15) is 0 Å². The zero-order valence-corrected chi connectivity index (χ0v) is 12.3. The van der Waals surface area contributed by atoms with Crippen LogP contribution in [0.25, 0.3) is 0 Å². The minimum atomic E-state index is -0.316. The Balaban J connectivity index is 1.65. The molecule has 0 radical (unpaired) electrons. The van der Waals surface area contributed by atoms with Gasteiger partial charge in [0, 0.05) is 18.7 Å². The maximum Gasteiger partial charge on any atom is 0.243 e. The third-order valence-corrected chi connectivity index (χ3v) is 5.56. The van der Waals surface area contributed by atoms with E-state index >= 15 is 0 Å². The summed E-state index contributed by atoms with van der Waals surface area (Å²) in [6.45, 7) is 2.58. The molecule has 0 spiro atoms. The highest BCUT2D eigenvalue weighted by molar-refractivity contribution is 8.01. The fraction of sp³-hybridized carbons (Fsp3) is 0.467. The molecule has 2 saturated heterocycles. The Morgan fingerprint density at radius 1 is 1.45 bits per heavy atom. The highest BCUT2D eigenvalue weighted by Crippen LogP contribution is 2.47. The molecule has 1 aromatic carbocycles. The Morgan fingerprint density at radius 2 is 2.20 bits per heavy atom. The molecule has 2 unspecified atom stereocenters. The molecule has 0 bridgehead atoms. The number of fused-ring (bicyclic) bond motifs is 1. The smallest absolute Gasteiger partial charge is 0.243 e. The molecule has 2 fully saturated rings. The van der Waals surface area contributed by atoms with Crippen LogP contribution in [-0.4, -0.2) is 33.4 Å². The van der Waals surface area contributed by atoms with Crippen LogP contribution in [0.15, 0.2) is 30.3 Å². The Kier molecular flexibility index (Phi) is 3.46. The zero-order chi connectivity index (χ0) is 14.2. The first-order valence-electron chi connectivity index (χ1n) is 6.88. The van der Waals surface area contributed by atoms with E-state index in [-0.39, 0.29) is 22.7 Å². The van der Waals surface area contributed by atoms with Gasteiger partial charge in [-0.1, -0.05) is 30.3 Å². The molecule has 1 N–H and O–H groups in total. The first kappa shape index (κ1) is 13.5. The molecule has 1 aromatic rings. The number of hydrogen-bond donors (Lipinski definition) is 1. The van der Waals surface area contributed by atoms with Crippen LogP contribution in [0, 0.1) is 0 Å². The molecule has 2 amide bonds. The Hall–Kier alpha value is -1.49. The number of amides is 2. The van der Waals surface area contributed by atoms with Gasteiger partial charge < -0.3 is 10.2 Å². The Bertz CT molecular complexity index is 534. The van der Waals surface area contributed by atoms with Crippen LogP contribution >= 0.6 is 11.8 Å². The molecule has 4 nitrogen and oxygen atoms in total. The predicted octanol–water partition coefficient (Wildman–Crippen LogP) is 1.76. The predicted molar refractivity (Wildman–Crippen MR) is 79.0 cm³/mol. The largest absolute Gasteiger partial charge is 0.350 e. The summed E-state index contributed by atoms with van der Waals surface area (Å²) in [5.41, 5.74) is 1.07. The summed E-state index contributed by atoms with van der Waals surface area (Å²) in [6.07, 6.45) is 1.41. The second kappa shape index (κ2) is 5.13. The van der Waals surface area contributed by atoms with Gasteiger partial charge in [-0.15, -0.1) is 11.8 Å². The van der Waals surface area contributed by atoms with Crippen molar-refractivity contribution >= 4 is 23.6 Å². The quantitative estimate of drug-likeness (QED) is 0.923. The van der Waals surface area contributed by atoms with E-state index in [1.807, 2.05) is 30.3 Å². The van der Waals surface area contributed by atoms with Crippen molar-refractivity contribution in [2.75, 3.05) is 5.75 Å². The first-order valence-corrected chi connectivity index (χ1v) is 7.86. The van der Waals surface area contributed by atoms with Gasteiger partial charge in [0.05, 0.1) is 4.87 Å². The molecule has 2 heterocycles. The van der Waals surface area contributed by atoms with E-state index in [9.17, 15) is 9.59 Å². The van der Waals surface area contributed by atoms with Gasteiger partial charge in [-0.25, -0.2) is 0 Å². The van der Waals surface area contributed by atoms with Crippen LogP contribution in [0.3, 0.4) is 0 Å². The number of nitrogens with one attached hydrogen (secondary N) is 1. The molecule has 0 saturated carbocycles. The maximum absolute atomic E-state index is 12.3. The number of nitrogens with zero attached hydrogens (tertiary/aromatic N) is 1. The fourth-order valence-electron chi connectivity index (χ4n) is 2.92. The number of thioether (sulfide) groups is 1. The van der Waals surface area contributed by atoms with Gasteiger partial charge in [-0.3, -0.25) is 9.59 Å². The summed E-state index contributed by atoms with van der Waals surface area (Å²) in [7, 11) is 0. The van der Waals surface area contributed by atoms with Gasteiger partial charge in [-0.05, 0) is 18.9 Å². The summed E-state index contributed by atoms with van der Waals surface area (Å²) in [5.74, 6) is 0.765. The Labute approximate surface area is 122 Å². The van der Waals surface area contributed by atoms with E-state index < -0.39 is 0 Å². The summed E-state index contributed by atoms with van der Waals surface area (Å²) >= 11 is 1.72. The minimum Gasteiger partial charge on any atom is -0.350 e. The number of rotatable bonds is 3. The van der Waals surface area contributed by atoms with Gasteiger partial charge >= 0.3 is 0 Å². The molecule has 2 aliphatic rings. The summed E-state index contributed by atoms with van der Waals surface area (Å²) < 4.78 is 0. The van der Waals surface area contributed by atoms with Crippen molar-refractivity contribution in [3.63, 3.8) is 0 Å². The molecule has 0 aliphatic carbocycles. The van der Waals surface area contributed by atoms with E-state index in [0.29, 0.717) is 18.7 Å². The average Bonchev–Trinajstić information content (AvgIpc) is 2.95. The van der Waals surface area contributed by atoms with E-state index in [4.69, 9.17) is 0 Å². The lowest BCUT2D eigenvalue weighted by Crippen LogP contribution is -2.49. The van der Waals surface area contributed by atoms with E-state index in [1.54, 1.807) is 16.7 Å². The van der Waals surface area contributed by atoms with Crippen molar-refractivity contribution in [1.82, 2.24) is 10.2 Å². The monoisotopic (exact) mass is 290 g/mol. The third-order valence-electron chi connectivity index (χ3n) is 4.06.